The lowest BCUT2D eigenvalue weighted by Gasteiger charge is -2.21. The highest BCUT2D eigenvalue weighted by atomic mass is 31.3. The molecule has 2 rings (SSSR count). The molecule has 1 saturated heterocycles. The lowest BCUT2D eigenvalue weighted by atomic mass is 10.1. The Morgan fingerprint density at radius 1 is 1.16 bits per heavy atom. The summed E-state index contributed by atoms with van der Waals surface area (Å²) in [7, 11) is -16.3. The maximum Gasteiger partial charge on any atom is 0.488 e. The number of aryl methyl sites for hydroxylation is 1. The zero-order valence-electron chi connectivity index (χ0n) is 20.5. The molecule has 1 fully saturated rings. The van der Waals surface area contributed by atoms with Gasteiger partial charge in [-0.15, -0.1) is 0 Å². The molecule has 0 radical (unpaired) electrons. The number of phosphoric acid groups is 2. The molecule has 0 saturated carbocycles. The predicted molar refractivity (Wildman–Crippen MR) is 130 cm³/mol. The van der Waals surface area contributed by atoms with Gasteiger partial charge in [0, 0.05) is 23.1 Å². The average molecular weight is 592 g/mol. The Balaban J connectivity index is 0.000000856. The number of rotatable bonds is 11. The van der Waals surface area contributed by atoms with Crippen molar-refractivity contribution in [2.45, 2.75) is 52.5 Å². The van der Waals surface area contributed by atoms with Crippen molar-refractivity contribution in [3.05, 3.63) is 43.0 Å². The summed E-state index contributed by atoms with van der Waals surface area (Å²) in [6, 6.07) is -1.14. The molecular formula is C16H31N6O12P3. The van der Waals surface area contributed by atoms with Crippen LogP contribution >= 0.6 is 23.2 Å². The number of azide groups is 1. The van der Waals surface area contributed by atoms with E-state index in [-0.39, 0.29) is 12.0 Å². The van der Waals surface area contributed by atoms with E-state index in [0.717, 1.165) is 10.8 Å². The first kappa shape index (κ1) is 33.4. The molecule has 5 N–H and O–H groups in total. The molecule has 2 heterocycles. The Bertz CT molecular complexity index is 1220. The van der Waals surface area contributed by atoms with E-state index < -0.39 is 59.0 Å². The van der Waals surface area contributed by atoms with Gasteiger partial charge >= 0.3 is 28.9 Å². The zero-order valence-corrected chi connectivity index (χ0v) is 23.2. The Morgan fingerprint density at radius 2 is 1.73 bits per heavy atom. The van der Waals surface area contributed by atoms with E-state index in [1.807, 2.05) is 4.98 Å². The van der Waals surface area contributed by atoms with Crippen molar-refractivity contribution >= 4 is 23.2 Å². The molecule has 1 aliphatic rings. The first-order chi connectivity index (χ1) is 17.0. The second-order valence-corrected chi connectivity index (χ2v) is 12.5. The van der Waals surface area contributed by atoms with Crippen LogP contribution in [0.1, 0.15) is 39.0 Å². The van der Waals surface area contributed by atoms with Crippen molar-refractivity contribution in [3.63, 3.8) is 0 Å². The minimum Gasteiger partial charge on any atom is -0.354 e. The number of H-pyrrole nitrogens is 1. The van der Waals surface area contributed by atoms with Gasteiger partial charge in [-0.3, -0.25) is 18.9 Å². The molecule has 0 amide bonds. The van der Waals surface area contributed by atoms with Crippen LogP contribution in [0.2, 0.25) is 0 Å². The summed E-state index contributed by atoms with van der Waals surface area (Å²) in [5.41, 5.74) is 7.32. The van der Waals surface area contributed by atoms with Gasteiger partial charge < -0.3 is 29.2 Å². The predicted octanol–water partition coefficient (Wildman–Crippen LogP) is 1.57. The van der Waals surface area contributed by atoms with Crippen LogP contribution in [0.5, 0.6) is 0 Å². The fourth-order valence-electron chi connectivity index (χ4n) is 3.28. The van der Waals surface area contributed by atoms with E-state index in [0.29, 0.717) is 0 Å². The maximum atomic E-state index is 12.2. The fraction of sp³-hybridized carbons (Fsp3) is 0.750. The van der Waals surface area contributed by atoms with E-state index in [9.17, 15) is 33.1 Å². The topological polar surface area (TPSA) is 267 Å². The SMILES string of the molecule is CCN(CC)CC.Cc1cn([C@H]2C[C@H](N=[N+]=[N-])[C@@H](CP(=O)(O)OP(=O)(O)OP(=O)(O)O)O2)c(=O)[nH]c1=O. The number of nitrogens with one attached hydrogen (secondary N) is 1. The summed E-state index contributed by atoms with van der Waals surface area (Å²) in [5, 5.41) is 3.38. The smallest absolute Gasteiger partial charge is 0.354 e. The summed E-state index contributed by atoms with van der Waals surface area (Å²) in [5.74, 6) is 0. The lowest BCUT2D eigenvalue weighted by molar-refractivity contribution is 0.00577. The molecule has 21 heteroatoms. The summed E-state index contributed by atoms with van der Waals surface area (Å²) in [6.07, 6.45) is -2.61. The minimum atomic E-state index is -5.65. The number of aromatic amines is 1. The van der Waals surface area contributed by atoms with Crippen LogP contribution in [-0.2, 0) is 27.1 Å². The van der Waals surface area contributed by atoms with E-state index in [1.165, 1.54) is 26.6 Å². The first-order valence-electron chi connectivity index (χ1n) is 10.8. The van der Waals surface area contributed by atoms with Gasteiger partial charge in [-0.05, 0) is 32.1 Å². The third kappa shape index (κ3) is 11.3. The van der Waals surface area contributed by atoms with Gasteiger partial charge in [-0.2, -0.15) is 4.31 Å². The van der Waals surface area contributed by atoms with Crippen LogP contribution in [0.4, 0.5) is 0 Å². The van der Waals surface area contributed by atoms with Crippen LogP contribution in [0.15, 0.2) is 20.9 Å². The van der Waals surface area contributed by atoms with Gasteiger partial charge in [0.2, 0.25) is 0 Å². The fourth-order valence-corrected chi connectivity index (χ4v) is 7.08. The van der Waals surface area contributed by atoms with E-state index >= 15 is 0 Å². The zero-order chi connectivity index (χ0) is 28.6. The maximum absolute atomic E-state index is 12.2. The highest BCUT2D eigenvalue weighted by molar-refractivity contribution is 7.68. The van der Waals surface area contributed by atoms with Gasteiger partial charge in [-0.1, -0.05) is 25.9 Å². The summed E-state index contributed by atoms with van der Waals surface area (Å²) >= 11 is 0. The molecule has 1 aliphatic heterocycles. The standard InChI is InChI=1S/C10H16N5O12P3.C6H15N/c1-5-3-15(10(17)12-9(5)16)8-2-6(13-14-11)7(25-8)4-28(18,19)26-30(23,24)27-29(20,21)22;1-4-7(5-2)6-3/h3,6-8H,2,4H2,1H3,(H,18,19)(H,23,24)(H,12,16,17)(H2,20,21,22);4-6H2,1-3H3/t6-,7+,8+;/m0./s1. The average Bonchev–Trinajstić information content (AvgIpc) is 3.11. The molecule has 2 unspecified atom stereocenters. The number of ether oxygens (including phenoxy) is 1. The van der Waals surface area contributed by atoms with E-state index in [2.05, 4.69) is 44.3 Å². The second kappa shape index (κ2) is 13.9. The molecule has 18 nitrogen and oxygen atoms in total. The Labute approximate surface area is 211 Å². The molecule has 0 bridgehead atoms. The van der Waals surface area contributed by atoms with Crippen LogP contribution in [0.25, 0.3) is 10.4 Å². The van der Waals surface area contributed by atoms with Crippen molar-refractivity contribution in [1.29, 1.82) is 0 Å². The van der Waals surface area contributed by atoms with Gasteiger partial charge in [0.25, 0.3) is 5.56 Å². The van der Waals surface area contributed by atoms with E-state index in [1.54, 1.807) is 0 Å². The van der Waals surface area contributed by atoms with Gasteiger partial charge in [0.1, 0.15) is 6.23 Å². The number of aromatic nitrogens is 2. The summed E-state index contributed by atoms with van der Waals surface area (Å²) in [6.45, 7) is 11.5. The summed E-state index contributed by atoms with van der Waals surface area (Å²) in [4.78, 5) is 66.6. The molecule has 37 heavy (non-hydrogen) atoms. The van der Waals surface area contributed by atoms with Gasteiger partial charge in [-0.25, -0.2) is 18.2 Å². The Morgan fingerprint density at radius 3 is 2.19 bits per heavy atom. The summed E-state index contributed by atoms with van der Waals surface area (Å²) < 4.78 is 48.1. The van der Waals surface area contributed by atoms with Crippen LogP contribution < -0.4 is 11.2 Å². The van der Waals surface area contributed by atoms with Crippen LogP contribution in [0, 0.1) is 6.92 Å². The lowest BCUT2D eigenvalue weighted by Crippen LogP contribution is -2.33. The molecule has 212 valence electrons. The van der Waals surface area contributed by atoms with Gasteiger partial charge in [0.15, 0.2) is 0 Å². The van der Waals surface area contributed by atoms with Crippen molar-refractivity contribution in [2.24, 2.45) is 5.11 Å². The molecular weight excluding hydrogens is 561 g/mol. The third-order valence-corrected chi connectivity index (χ3v) is 9.40. The molecule has 0 spiro atoms. The normalized spacial score (nSPS) is 22.9. The molecule has 0 aromatic carbocycles. The highest BCUT2D eigenvalue weighted by Gasteiger charge is 2.45. The molecule has 1 aromatic heterocycles. The molecule has 1 aromatic rings. The Kier molecular flexibility index (Phi) is 12.6. The highest BCUT2D eigenvalue weighted by Crippen LogP contribution is 2.66. The van der Waals surface area contributed by atoms with Gasteiger partial charge in [0.05, 0.1) is 18.3 Å². The monoisotopic (exact) mass is 592 g/mol. The quantitative estimate of drug-likeness (QED) is 0.106. The van der Waals surface area contributed by atoms with Crippen molar-refractivity contribution < 1.29 is 46.6 Å². The van der Waals surface area contributed by atoms with Crippen molar-refractivity contribution in [3.8, 4) is 0 Å². The first-order valence-corrected chi connectivity index (χ1v) is 15.6. The largest absolute Gasteiger partial charge is 0.488 e. The molecule has 5 atom stereocenters. The third-order valence-electron chi connectivity index (χ3n) is 5.05. The minimum absolute atomic E-state index is 0.147. The van der Waals surface area contributed by atoms with Crippen molar-refractivity contribution in [2.75, 3.05) is 25.8 Å². The second-order valence-electron chi connectivity index (χ2n) is 7.68. The molecule has 0 aliphatic carbocycles. The number of nitrogens with zero attached hydrogens (tertiary/aromatic N) is 5. The number of hydrogen-bond acceptors (Lipinski definition) is 10. The van der Waals surface area contributed by atoms with Crippen LogP contribution in [0.3, 0.4) is 0 Å². The van der Waals surface area contributed by atoms with Crippen LogP contribution in [-0.4, -0.2) is 72.0 Å². The van der Waals surface area contributed by atoms with Crippen molar-refractivity contribution in [1.82, 2.24) is 14.5 Å². The number of hydrogen-bond donors (Lipinski definition) is 5. The van der Waals surface area contributed by atoms with E-state index in [4.69, 9.17) is 20.1 Å². The Hall–Kier alpha value is -1.64.